The Bertz CT molecular complexity index is 777. The standard InChI is InChI=1S/C21H26ClN3O3/c1-16(26)23-17-6-8-19(9-7-17)28-15-18(27)14-24-10-12-25(13-11-24)21-5-3-2-4-20(21)22/h2-9,18,27H,10-15H2,1H3,(H,23,26)/t18-/m0/s1. The van der Waals surface area contributed by atoms with Gasteiger partial charge in [0.15, 0.2) is 0 Å². The van der Waals surface area contributed by atoms with Gasteiger partial charge in [-0.25, -0.2) is 0 Å². The van der Waals surface area contributed by atoms with Crippen LogP contribution in [0.4, 0.5) is 11.4 Å². The van der Waals surface area contributed by atoms with E-state index in [1.807, 2.05) is 24.3 Å². The van der Waals surface area contributed by atoms with Gasteiger partial charge in [-0.1, -0.05) is 23.7 Å². The molecule has 0 aliphatic carbocycles. The van der Waals surface area contributed by atoms with E-state index in [1.165, 1.54) is 6.92 Å². The Morgan fingerprint density at radius 3 is 2.46 bits per heavy atom. The lowest BCUT2D eigenvalue weighted by Gasteiger charge is -2.37. The summed E-state index contributed by atoms with van der Waals surface area (Å²) in [6, 6.07) is 15.0. The zero-order chi connectivity index (χ0) is 19.9. The third kappa shape index (κ3) is 5.86. The topological polar surface area (TPSA) is 65.0 Å². The van der Waals surface area contributed by atoms with Crippen molar-refractivity contribution in [1.82, 2.24) is 4.90 Å². The van der Waals surface area contributed by atoms with Gasteiger partial charge in [-0.15, -0.1) is 0 Å². The monoisotopic (exact) mass is 403 g/mol. The molecule has 1 atom stereocenters. The molecule has 1 aliphatic heterocycles. The number of β-amino-alcohol motifs (C(OH)–C–C–N with tert-alkyl or cyclic N) is 1. The van der Waals surface area contributed by atoms with Crippen molar-refractivity contribution in [3.05, 3.63) is 53.6 Å². The second kappa shape index (κ2) is 9.78. The van der Waals surface area contributed by atoms with E-state index < -0.39 is 6.10 Å². The van der Waals surface area contributed by atoms with E-state index in [2.05, 4.69) is 15.1 Å². The van der Waals surface area contributed by atoms with Crippen molar-refractivity contribution in [3.8, 4) is 5.75 Å². The molecule has 1 fully saturated rings. The number of hydrogen-bond donors (Lipinski definition) is 2. The van der Waals surface area contributed by atoms with Crippen LogP contribution >= 0.6 is 11.6 Å². The van der Waals surface area contributed by atoms with Gasteiger partial charge in [0.05, 0.1) is 10.7 Å². The number of aliphatic hydroxyl groups is 1. The molecular weight excluding hydrogens is 378 g/mol. The van der Waals surface area contributed by atoms with Gasteiger partial charge in [0.2, 0.25) is 5.91 Å². The van der Waals surface area contributed by atoms with Crippen LogP contribution in [0.2, 0.25) is 5.02 Å². The second-order valence-electron chi connectivity index (χ2n) is 6.91. The van der Waals surface area contributed by atoms with Crippen LogP contribution in [0.15, 0.2) is 48.5 Å². The number of benzene rings is 2. The van der Waals surface area contributed by atoms with Crippen LogP contribution in [-0.2, 0) is 4.79 Å². The molecule has 1 saturated heterocycles. The molecule has 28 heavy (non-hydrogen) atoms. The maximum Gasteiger partial charge on any atom is 0.221 e. The molecule has 1 aliphatic rings. The zero-order valence-electron chi connectivity index (χ0n) is 16.0. The summed E-state index contributed by atoms with van der Waals surface area (Å²) in [5.41, 5.74) is 1.78. The molecule has 0 spiro atoms. The first kappa shape index (κ1) is 20.5. The van der Waals surface area contributed by atoms with Crippen molar-refractivity contribution in [2.45, 2.75) is 13.0 Å². The normalized spacial score (nSPS) is 15.9. The molecule has 1 heterocycles. The minimum Gasteiger partial charge on any atom is -0.491 e. The van der Waals surface area contributed by atoms with Crippen LogP contribution in [0.25, 0.3) is 0 Å². The average molecular weight is 404 g/mol. The first-order valence-corrected chi connectivity index (χ1v) is 9.79. The van der Waals surface area contributed by atoms with Crippen LogP contribution in [0.3, 0.4) is 0 Å². The zero-order valence-corrected chi connectivity index (χ0v) is 16.7. The number of hydrogen-bond acceptors (Lipinski definition) is 5. The lowest BCUT2D eigenvalue weighted by Crippen LogP contribution is -2.49. The predicted octanol–water partition coefficient (Wildman–Crippen LogP) is 2.86. The minimum atomic E-state index is -0.568. The number of anilines is 2. The van der Waals surface area contributed by atoms with E-state index in [9.17, 15) is 9.90 Å². The van der Waals surface area contributed by atoms with Crippen molar-refractivity contribution >= 4 is 28.9 Å². The molecule has 0 bridgehead atoms. The molecule has 2 N–H and O–H groups in total. The van der Waals surface area contributed by atoms with Gasteiger partial charge in [-0.05, 0) is 36.4 Å². The largest absolute Gasteiger partial charge is 0.491 e. The maximum atomic E-state index is 11.0. The van der Waals surface area contributed by atoms with Gasteiger partial charge in [0.1, 0.15) is 18.5 Å². The number of amides is 1. The quantitative estimate of drug-likeness (QED) is 0.744. The van der Waals surface area contributed by atoms with Gasteiger partial charge >= 0.3 is 0 Å². The summed E-state index contributed by atoms with van der Waals surface area (Å²) in [6.07, 6.45) is -0.568. The number of nitrogens with one attached hydrogen (secondary N) is 1. The Morgan fingerprint density at radius 1 is 1.14 bits per heavy atom. The van der Waals surface area contributed by atoms with Crippen LogP contribution in [0.1, 0.15) is 6.92 Å². The second-order valence-corrected chi connectivity index (χ2v) is 7.32. The third-order valence-corrected chi connectivity index (χ3v) is 4.97. The Hall–Kier alpha value is -2.28. The van der Waals surface area contributed by atoms with Gasteiger partial charge in [0, 0.05) is 45.3 Å². The highest BCUT2D eigenvalue weighted by atomic mass is 35.5. The van der Waals surface area contributed by atoms with Gasteiger partial charge in [-0.3, -0.25) is 9.69 Å². The first-order chi connectivity index (χ1) is 13.5. The van der Waals surface area contributed by atoms with Crippen molar-refractivity contribution in [2.75, 3.05) is 49.5 Å². The van der Waals surface area contributed by atoms with Crippen LogP contribution in [-0.4, -0.2) is 61.3 Å². The number of nitrogens with zero attached hydrogens (tertiary/aromatic N) is 2. The van der Waals surface area contributed by atoms with Crippen molar-refractivity contribution < 1.29 is 14.6 Å². The SMILES string of the molecule is CC(=O)Nc1ccc(OC[C@@H](O)CN2CCN(c3ccccc3Cl)CC2)cc1. The van der Waals surface area contributed by atoms with E-state index in [4.69, 9.17) is 16.3 Å². The molecule has 2 aromatic rings. The van der Waals surface area contributed by atoms with Gasteiger partial charge < -0.3 is 20.1 Å². The first-order valence-electron chi connectivity index (χ1n) is 9.41. The summed E-state index contributed by atoms with van der Waals surface area (Å²) in [5, 5.41) is 13.8. The van der Waals surface area contributed by atoms with Gasteiger partial charge in [-0.2, -0.15) is 0 Å². The van der Waals surface area contributed by atoms with Gasteiger partial charge in [0.25, 0.3) is 0 Å². The molecule has 3 rings (SSSR count). The third-order valence-electron chi connectivity index (χ3n) is 4.65. The number of halogens is 1. The van der Waals surface area contributed by atoms with Crippen LogP contribution < -0.4 is 15.0 Å². The van der Waals surface area contributed by atoms with E-state index >= 15 is 0 Å². The van der Waals surface area contributed by atoms with E-state index in [1.54, 1.807) is 24.3 Å². The summed E-state index contributed by atoms with van der Waals surface area (Å²) >= 11 is 6.28. The number of ether oxygens (including phenoxy) is 1. The fourth-order valence-electron chi connectivity index (χ4n) is 3.26. The maximum absolute atomic E-state index is 11.0. The van der Waals surface area contributed by atoms with E-state index in [0.29, 0.717) is 12.3 Å². The fourth-order valence-corrected chi connectivity index (χ4v) is 3.52. The summed E-state index contributed by atoms with van der Waals surface area (Å²) in [4.78, 5) is 15.5. The number of rotatable bonds is 7. The highest BCUT2D eigenvalue weighted by molar-refractivity contribution is 6.33. The van der Waals surface area contributed by atoms with E-state index in [-0.39, 0.29) is 12.5 Å². The predicted molar refractivity (Wildman–Crippen MR) is 112 cm³/mol. The Labute approximate surface area is 170 Å². The highest BCUT2D eigenvalue weighted by Crippen LogP contribution is 2.26. The molecule has 6 nitrogen and oxygen atoms in total. The molecule has 0 aromatic heterocycles. The number of carbonyl (C=O) groups is 1. The number of carbonyl (C=O) groups excluding carboxylic acids is 1. The molecule has 0 unspecified atom stereocenters. The summed E-state index contributed by atoms with van der Waals surface area (Å²) in [5.74, 6) is 0.551. The summed E-state index contributed by atoms with van der Waals surface area (Å²) < 4.78 is 5.66. The van der Waals surface area contributed by atoms with Crippen LogP contribution in [0, 0.1) is 0 Å². The smallest absolute Gasteiger partial charge is 0.221 e. The molecule has 7 heteroatoms. The van der Waals surface area contributed by atoms with Crippen LogP contribution in [0.5, 0.6) is 5.75 Å². The number of aliphatic hydroxyl groups excluding tert-OH is 1. The minimum absolute atomic E-state index is 0.112. The average Bonchev–Trinajstić information content (AvgIpc) is 2.68. The lowest BCUT2D eigenvalue weighted by molar-refractivity contribution is -0.114. The van der Waals surface area contributed by atoms with E-state index in [0.717, 1.165) is 42.6 Å². The highest BCUT2D eigenvalue weighted by Gasteiger charge is 2.20. The van der Waals surface area contributed by atoms with Crippen molar-refractivity contribution in [3.63, 3.8) is 0 Å². The Morgan fingerprint density at radius 2 is 1.82 bits per heavy atom. The molecule has 0 saturated carbocycles. The Balaban J connectivity index is 1.40. The molecule has 2 aromatic carbocycles. The number of piperazine rings is 1. The molecule has 150 valence electrons. The summed E-state index contributed by atoms with van der Waals surface area (Å²) in [7, 11) is 0. The summed E-state index contributed by atoms with van der Waals surface area (Å²) in [6.45, 7) is 5.75. The van der Waals surface area contributed by atoms with Crippen molar-refractivity contribution in [2.24, 2.45) is 0 Å². The molecule has 1 amide bonds. The molecule has 0 radical (unpaired) electrons. The Kier molecular flexibility index (Phi) is 7.14. The van der Waals surface area contributed by atoms with Crippen molar-refractivity contribution in [1.29, 1.82) is 0 Å². The lowest BCUT2D eigenvalue weighted by atomic mass is 10.2. The molecular formula is C21H26ClN3O3. The number of para-hydroxylation sites is 1. The fraction of sp³-hybridized carbons (Fsp3) is 0.381.